The Kier molecular flexibility index (Phi) is 4.61. The maximum Gasteiger partial charge on any atom is 0.301 e. The number of rotatable bonds is 5. The zero-order valence-electron chi connectivity index (χ0n) is 13.5. The van der Waals surface area contributed by atoms with Gasteiger partial charge in [0.25, 0.3) is 5.52 Å². The van der Waals surface area contributed by atoms with Crippen LogP contribution in [0.25, 0.3) is 10.8 Å². The number of pyridine rings is 1. The van der Waals surface area contributed by atoms with E-state index in [0.717, 1.165) is 10.8 Å². The lowest BCUT2D eigenvalue weighted by atomic mass is 10.1. The van der Waals surface area contributed by atoms with E-state index in [1.807, 2.05) is 30.3 Å². The minimum atomic E-state index is -3.75. The van der Waals surface area contributed by atoms with Crippen molar-refractivity contribution in [3.8, 4) is 0 Å². The third-order valence-corrected chi connectivity index (χ3v) is 6.17. The summed E-state index contributed by atoms with van der Waals surface area (Å²) >= 11 is 0. The molecule has 1 aromatic heterocycles. The third-order valence-electron chi connectivity index (χ3n) is 3.64. The van der Waals surface area contributed by atoms with E-state index in [4.69, 9.17) is 4.52 Å². The Balaban J connectivity index is 2.22. The molecular formula is C19H18NO3P. The van der Waals surface area contributed by atoms with Crippen molar-refractivity contribution < 1.29 is 13.9 Å². The van der Waals surface area contributed by atoms with Crippen LogP contribution >= 0.6 is 7.37 Å². The molecule has 0 saturated heterocycles. The van der Waals surface area contributed by atoms with Crippen molar-refractivity contribution in [2.24, 2.45) is 0 Å². The fraction of sp³-hybridized carbons (Fsp3) is 0.158. The van der Waals surface area contributed by atoms with Crippen molar-refractivity contribution in [1.82, 2.24) is 4.98 Å². The number of hydrogen-bond acceptors (Lipinski definition) is 4. The van der Waals surface area contributed by atoms with E-state index >= 15 is 0 Å². The van der Waals surface area contributed by atoms with Crippen molar-refractivity contribution in [2.45, 2.75) is 20.0 Å². The number of carbonyl (C=O) groups is 1. The summed E-state index contributed by atoms with van der Waals surface area (Å²) in [5.41, 5.74) is -0.170. The van der Waals surface area contributed by atoms with Crippen LogP contribution in [0.2, 0.25) is 0 Å². The summed E-state index contributed by atoms with van der Waals surface area (Å²) in [6, 6.07) is 16.1. The lowest BCUT2D eigenvalue weighted by Crippen LogP contribution is -2.19. The zero-order chi connectivity index (χ0) is 17.2. The highest BCUT2D eigenvalue weighted by molar-refractivity contribution is 7.83. The molecule has 0 saturated carbocycles. The predicted octanol–water partition coefficient (Wildman–Crippen LogP) is 4.40. The first-order valence-electron chi connectivity index (χ1n) is 7.74. The van der Waals surface area contributed by atoms with E-state index in [2.05, 4.69) is 4.98 Å². The van der Waals surface area contributed by atoms with Crippen LogP contribution in [0.5, 0.6) is 0 Å². The molecule has 0 aliphatic heterocycles. The van der Waals surface area contributed by atoms with Crippen LogP contribution in [0.3, 0.4) is 0 Å². The van der Waals surface area contributed by atoms with E-state index in [1.54, 1.807) is 38.1 Å². The number of aromatic nitrogens is 1. The fourth-order valence-corrected chi connectivity index (χ4v) is 4.95. The summed E-state index contributed by atoms with van der Waals surface area (Å²) in [5, 5.41) is 2.13. The van der Waals surface area contributed by atoms with Gasteiger partial charge in [0, 0.05) is 18.0 Å². The maximum atomic E-state index is 13.7. The first kappa shape index (κ1) is 16.6. The van der Waals surface area contributed by atoms with Crippen molar-refractivity contribution in [1.29, 1.82) is 0 Å². The Bertz CT molecular complexity index is 917. The van der Waals surface area contributed by atoms with Crippen LogP contribution in [0.15, 0.2) is 67.0 Å². The van der Waals surface area contributed by atoms with Crippen molar-refractivity contribution in [3.05, 3.63) is 72.6 Å². The summed E-state index contributed by atoms with van der Waals surface area (Å²) in [6.07, 6.45) is 2.67. The second-order valence-electron chi connectivity index (χ2n) is 5.74. The fourth-order valence-electron chi connectivity index (χ4n) is 2.64. The molecule has 0 aliphatic carbocycles. The van der Waals surface area contributed by atoms with Crippen LogP contribution in [-0.4, -0.2) is 16.6 Å². The molecule has 24 heavy (non-hydrogen) atoms. The molecule has 122 valence electrons. The Morgan fingerprint density at radius 2 is 1.67 bits per heavy atom. The Hall–Kier alpha value is -2.29. The minimum Gasteiger partial charge on any atom is -0.317 e. The van der Waals surface area contributed by atoms with Gasteiger partial charge in [0.05, 0.1) is 11.4 Å². The summed E-state index contributed by atoms with van der Waals surface area (Å²) < 4.78 is 19.5. The van der Waals surface area contributed by atoms with Gasteiger partial charge >= 0.3 is 7.37 Å². The summed E-state index contributed by atoms with van der Waals surface area (Å²) in [4.78, 5) is 16.9. The van der Waals surface area contributed by atoms with Gasteiger partial charge in [0.1, 0.15) is 0 Å². The number of nitrogens with zero attached hydrogens (tertiary/aromatic N) is 1. The third kappa shape index (κ3) is 3.03. The highest BCUT2D eigenvalue weighted by Gasteiger charge is 2.38. The molecule has 5 heteroatoms. The average molecular weight is 339 g/mol. The quantitative estimate of drug-likeness (QED) is 0.646. The van der Waals surface area contributed by atoms with Gasteiger partial charge in [-0.2, -0.15) is 0 Å². The van der Waals surface area contributed by atoms with Crippen LogP contribution in [0.4, 0.5) is 0 Å². The molecule has 0 bridgehead atoms. The predicted molar refractivity (Wildman–Crippen MR) is 96.0 cm³/mol. The van der Waals surface area contributed by atoms with Gasteiger partial charge < -0.3 is 4.52 Å². The molecule has 1 unspecified atom stereocenters. The molecule has 4 nitrogen and oxygen atoms in total. The van der Waals surface area contributed by atoms with E-state index in [0.29, 0.717) is 10.9 Å². The molecule has 2 aromatic carbocycles. The molecular weight excluding hydrogens is 321 g/mol. The second-order valence-corrected chi connectivity index (χ2v) is 7.95. The highest BCUT2D eigenvalue weighted by Crippen LogP contribution is 2.51. The monoisotopic (exact) mass is 339 g/mol. The van der Waals surface area contributed by atoms with E-state index in [9.17, 15) is 9.36 Å². The summed E-state index contributed by atoms with van der Waals surface area (Å²) in [6.45, 7) is 3.55. The minimum absolute atomic E-state index is 0.335. The molecule has 0 amide bonds. The van der Waals surface area contributed by atoms with Crippen LogP contribution in [0.1, 0.15) is 24.2 Å². The van der Waals surface area contributed by atoms with Crippen molar-refractivity contribution >= 4 is 29.0 Å². The van der Waals surface area contributed by atoms with Gasteiger partial charge in [-0.1, -0.05) is 36.4 Å². The first-order valence-corrected chi connectivity index (χ1v) is 9.36. The molecule has 1 heterocycles. The molecule has 0 spiro atoms. The molecule has 0 aliphatic rings. The lowest BCUT2D eigenvalue weighted by Gasteiger charge is -2.21. The van der Waals surface area contributed by atoms with Crippen molar-refractivity contribution in [2.75, 3.05) is 0 Å². The summed E-state index contributed by atoms with van der Waals surface area (Å²) in [7, 11) is -3.75. The molecule has 1 atom stereocenters. The van der Waals surface area contributed by atoms with Gasteiger partial charge in [0.15, 0.2) is 0 Å². The Morgan fingerprint density at radius 3 is 2.38 bits per heavy atom. The molecule has 0 fully saturated rings. The molecule has 0 N–H and O–H groups in total. The van der Waals surface area contributed by atoms with Crippen LogP contribution in [-0.2, 0) is 9.09 Å². The molecule has 0 radical (unpaired) electrons. The first-order chi connectivity index (χ1) is 11.5. The number of carbonyl (C=O) groups excluding carboxylic acids is 1. The largest absolute Gasteiger partial charge is 0.317 e. The van der Waals surface area contributed by atoms with Crippen LogP contribution in [0, 0.1) is 0 Å². The van der Waals surface area contributed by atoms with Crippen LogP contribution < -0.4 is 5.30 Å². The Morgan fingerprint density at radius 1 is 1.00 bits per heavy atom. The molecule has 3 aromatic rings. The van der Waals surface area contributed by atoms with Crippen molar-refractivity contribution in [3.63, 3.8) is 0 Å². The normalized spacial score (nSPS) is 13.8. The topological polar surface area (TPSA) is 56.3 Å². The second kappa shape index (κ2) is 6.68. The Labute approximate surface area is 141 Å². The SMILES string of the molecule is CC(C)OP(=O)(C(=O)c1ccncc1)c1cccc2ccccc12. The zero-order valence-corrected chi connectivity index (χ0v) is 14.4. The smallest absolute Gasteiger partial charge is 0.301 e. The summed E-state index contributed by atoms with van der Waals surface area (Å²) in [5.74, 6) is 0. The standard InChI is InChI=1S/C19H18NO3P/c1-14(2)23-24(22,19(21)16-10-12-20-13-11-16)18-9-5-7-15-6-3-4-8-17(15)18/h3-14H,1-2H3. The highest BCUT2D eigenvalue weighted by atomic mass is 31.2. The average Bonchev–Trinajstić information content (AvgIpc) is 2.60. The number of benzene rings is 2. The van der Waals surface area contributed by atoms with Gasteiger partial charge in [-0.25, -0.2) is 0 Å². The van der Waals surface area contributed by atoms with Gasteiger partial charge in [-0.3, -0.25) is 14.3 Å². The van der Waals surface area contributed by atoms with Gasteiger partial charge in [-0.05, 0) is 42.8 Å². The number of hydrogen-bond donors (Lipinski definition) is 0. The van der Waals surface area contributed by atoms with Gasteiger partial charge in [-0.15, -0.1) is 0 Å². The van der Waals surface area contributed by atoms with E-state index in [1.165, 1.54) is 12.4 Å². The lowest BCUT2D eigenvalue weighted by molar-refractivity contribution is 0.104. The molecule has 3 rings (SSSR count). The number of fused-ring (bicyclic) bond motifs is 1. The van der Waals surface area contributed by atoms with E-state index in [-0.39, 0.29) is 6.10 Å². The maximum absolute atomic E-state index is 13.7. The van der Waals surface area contributed by atoms with E-state index < -0.39 is 12.9 Å². The van der Waals surface area contributed by atoms with Gasteiger partial charge in [0.2, 0.25) is 0 Å².